The minimum atomic E-state index is 0.0785. The summed E-state index contributed by atoms with van der Waals surface area (Å²) in [5, 5.41) is 8.56. The highest BCUT2D eigenvalue weighted by atomic mass is 16.5. The molecule has 1 atom stereocenters. The Morgan fingerprint density at radius 2 is 2.30 bits per heavy atom. The van der Waals surface area contributed by atoms with Gasteiger partial charge in [-0.05, 0) is 26.7 Å². The van der Waals surface area contributed by atoms with Crippen molar-refractivity contribution in [2.75, 3.05) is 13.2 Å². The molecule has 1 rings (SSSR count). The molecule has 0 bridgehead atoms. The van der Waals surface area contributed by atoms with Gasteiger partial charge in [0.05, 0.1) is 12.2 Å². The molecule has 1 N–H and O–H groups in total. The number of hydrogen-bond donors (Lipinski definition) is 1. The van der Waals surface area contributed by atoms with Crippen molar-refractivity contribution in [2.24, 2.45) is 5.92 Å². The summed E-state index contributed by atoms with van der Waals surface area (Å²) >= 11 is 0. The minimum Gasteiger partial charge on any atom is -0.396 e. The second-order valence-electron chi connectivity index (χ2n) is 3.48. The molecule has 0 radical (unpaired) electrons. The fourth-order valence-corrected chi connectivity index (χ4v) is 1.30. The molecule has 1 aliphatic rings. The lowest BCUT2D eigenvalue weighted by Gasteiger charge is -2.44. The zero-order valence-corrected chi connectivity index (χ0v) is 6.76. The zero-order chi connectivity index (χ0) is 7.61. The average Bonchev–Trinajstić information content (AvgIpc) is 1.87. The van der Waals surface area contributed by atoms with E-state index in [9.17, 15) is 0 Å². The average molecular weight is 144 g/mol. The van der Waals surface area contributed by atoms with E-state index < -0.39 is 0 Å². The predicted molar refractivity (Wildman–Crippen MR) is 39.8 cm³/mol. The van der Waals surface area contributed by atoms with E-state index in [1.165, 1.54) is 0 Å². The van der Waals surface area contributed by atoms with Gasteiger partial charge < -0.3 is 9.84 Å². The predicted octanol–water partition coefficient (Wildman–Crippen LogP) is 1.18. The SMILES string of the molecule is CC1(C)OC[C@H]1CCCO. The third-order valence-electron chi connectivity index (χ3n) is 2.35. The molecule has 0 amide bonds. The van der Waals surface area contributed by atoms with Crippen LogP contribution in [0.15, 0.2) is 0 Å². The largest absolute Gasteiger partial charge is 0.396 e. The van der Waals surface area contributed by atoms with E-state index in [0.717, 1.165) is 19.4 Å². The van der Waals surface area contributed by atoms with Crippen molar-refractivity contribution in [3.8, 4) is 0 Å². The summed E-state index contributed by atoms with van der Waals surface area (Å²) in [6.45, 7) is 5.41. The van der Waals surface area contributed by atoms with Crippen LogP contribution in [0.3, 0.4) is 0 Å². The zero-order valence-electron chi connectivity index (χ0n) is 6.76. The quantitative estimate of drug-likeness (QED) is 0.644. The summed E-state index contributed by atoms with van der Waals surface area (Å²) < 4.78 is 5.35. The summed E-state index contributed by atoms with van der Waals surface area (Å²) in [6, 6.07) is 0. The fraction of sp³-hybridized carbons (Fsp3) is 1.00. The molecule has 2 nitrogen and oxygen atoms in total. The van der Waals surface area contributed by atoms with Crippen LogP contribution in [0.1, 0.15) is 26.7 Å². The second kappa shape index (κ2) is 2.89. The van der Waals surface area contributed by atoms with Gasteiger partial charge in [-0.1, -0.05) is 0 Å². The topological polar surface area (TPSA) is 29.5 Å². The van der Waals surface area contributed by atoms with E-state index in [1.54, 1.807) is 0 Å². The van der Waals surface area contributed by atoms with Crippen molar-refractivity contribution in [3.63, 3.8) is 0 Å². The first-order valence-corrected chi connectivity index (χ1v) is 3.91. The number of ether oxygens (including phenoxy) is 1. The van der Waals surface area contributed by atoms with E-state index in [2.05, 4.69) is 13.8 Å². The van der Waals surface area contributed by atoms with Crippen molar-refractivity contribution in [3.05, 3.63) is 0 Å². The molecule has 0 aromatic heterocycles. The lowest BCUT2D eigenvalue weighted by molar-refractivity contribution is -0.183. The third kappa shape index (κ3) is 1.50. The smallest absolute Gasteiger partial charge is 0.0676 e. The third-order valence-corrected chi connectivity index (χ3v) is 2.35. The van der Waals surface area contributed by atoms with Crippen LogP contribution in [0.25, 0.3) is 0 Å². The molecule has 0 unspecified atom stereocenters. The molecule has 2 heteroatoms. The Bertz CT molecular complexity index is 110. The normalized spacial score (nSPS) is 29.7. The van der Waals surface area contributed by atoms with E-state index in [4.69, 9.17) is 9.84 Å². The Labute approximate surface area is 62.2 Å². The molecule has 0 aliphatic carbocycles. The Morgan fingerprint density at radius 3 is 2.60 bits per heavy atom. The molecule has 60 valence electrons. The van der Waals surface area contributed by atoms with Crippen molar-refractivity contribution < 1.29 is 9.84 Å². The summed E-state index contributed by atoms with van der Waals surface area (Å²) in [5.41, 5.74) is 0.0785. The van der Waals surface area contributed by atoms with Crippen LogP contribution >= 0.6 is 0 Å². The molecule has 1 heterocycles. The number of hydrogen-bond acceptors (Lipinski definition) is 2. The van der Waals surface area contributed by atoms with Gasteiger partial charge in [0.1, 0.15) is 0 Å². The van der Waals surface area contributed by atoms with Gasteiger partial charge in [-0.15, -0.1) is 0 Å². The van der Waals surface area contributed by atoms with Crippen LogP contribution in [0.2, 0.25) is 0 Å². The Balaban J connectivity index is 2.17. The molecular formula is C8H16O2. The molecule has 0 saturated carbocycles. The standard InChI is InChI=1S/C8H16O2/c1-8(2)7(6-10-8)4-3-5-9/h7,9H,3-6H2,1-2H3/t7-/m1/s1. The Hall–Kier alpha value is -0.0800. The number of rotatable bonds is 3. The molecular weight excluding hydrogens is 128 g/mol. The highest BCUT2D eigenvalue weighted by Crippen LogP contribution is 2.34. The Morgan fingerprint density at radius 1 is 1.60 bits per heavy atom. The lowest BCUT2D eigenvalue weighted by Crippen LogP contribution is -2.48. The maximum Gasteiger partial charge on any atom is 0.0676 e. The van der Waals surface area contributed by atoms with Crippen molar-refractivity contribution in [1.82, 2.24) is 0 Å². The molecule has 0 aromatic carbocycles. The first kappa shape index (κ1) is 8.02. The van der Waals surface area contributed by atoms with Gasteiger partial charge in [0.25, 0.3) is 0 Å². The highest BCUT2D eigenvalue weighted by Gasteiger charge is 2.38. The van der Waals surface area contributed by atoms with Crippen molar-refractivity contribution in [2.45, 2.75) is 32.3 Å². The highest BCUT2D eigenvalue weighted by molar-refractivity contribution is 4.87. The molecule has 0 spiro atoms. The van der Waals surface area contributed by atoms with Gasteiger partial charge in [-0.3, -0.25) is 0 Å². The summed E-state index contributed by atoms with van der Waals surface area (Å²) in [7, 11) is 0. The number of aliphatic hydroxyl groups excluding tert-OH is 1. The van der Waals surface area contributed by atoms with Gasteiger partial charge in [-0.2, -0.15) is 0 Å². The van der Waals surface area contributed by atoms with Gasteiger partial charge >= 0.3 is 0 Å². The molecule has 1 saturated heterocycles. The van der Waals surface area contributed by atoms with Crippen molar-refractivity contribution >= 4 is 0 Å². The minimum absolute atomic E-state index is 0.0785. The van der Waals surface area contributed by atoms with Gasteiger partial charge in [0, 0.05) is 12.5 Å². The summed E-state index contributed by atoms with van der Waals surface area (Å²) in [4.78, 5) is 0. The molecule has 1 aliphatic heterocycles. The van der Waals surface area contributed by atoms with E-state index in [1.807, 2.05) is 0 Å². The molecule has 10 heavy (non-hydrogen) atoms. The maximum absolute atomic E-state index is 8.56. The van der Waals surface area contributed by atoms with Crippen LogP contribution < -0.4 is 0 Å². The van der Waals surface area contributed by atoms with Crippen LogP contribution in [-0.4, -0.2) is 23.9 Å². The van der Waals surface area contributed by atoms with E-state index >= 15 is 0 Å². The fourth-order valence-electron chi connectivity index (χ4n) is 1.30. The van der Waals surface area contributed by atoms with Gasteiger partial charge in [-0.25, -0.2) is 0 Å². The maximum atomic E-state index is 8.56. The van der Waals surface area contributed by atoms with Gasteiger partial charge in [0.2, 0.25) is 0 Å². The first-order chi connectivity index (χ1) is 4.67. The summed E-state index contributed by atoms with van der Waals surface area (Å²) in [5.74, 6) is 0.666. The first-order valence-electron chi connectivity index (χ1n) is 3.91. The van der Waals surface area contributed by atoms with Crippen LogP contribution in [0, 0.1) is 5.92 Å². The van der Waals surface area contributed by atoms with Crippen molar-refractivity contribution in [1.29, 1.82) is 0 Å². The monoisotopic (exact) mass is 144 g/mol. The summed E-state index contributed by atoms with van der Waals surface area (Å²) in [6.07, 6.45) is 2.01. The van der Waals surface area contributed by atoms with E-state index in [-0.39, 0.29) is 5.60 Å². The van der Waals surface area contributed by atoms with E-state index in [0.29, 0.717) is 12.5 Å². The lowest BCUT2D eigenvalue weighted by atomic mass is 9.83. The van der Waals surface area contributed by atoms with Gasteiger partial charge in [0.15, 0.2) is 0 Å². The second-order valence-corrected chi connectivity index (χ2v) is 3.48. The molecule has 1 fully saturated rings. The Kier molecular flexibility index (Phi) is 2.32. The van der Waals surface area contributed by atoms with Crippen LogP contribution in [0.5, 0.6) is 0 Å². The molecule has 0 aromatic rings. The number of aliphatic hydroxyl groups is 1. The van der Waals surface area contributed by atoms with Crippen LogP contribution in [0.4, 0.5) is 0 Å². The van der Waals surface area contributed by atoms with Crippen LogP contribution in [-0.2, 0) is 4.74 Å².